The van der Waals surface area contributed by atoms with Gasteiger partial charge in [-0.15, -0.1) is 0 Å². The molecule has 0 saturated carbocycles. The maximum atomic E-state index is 12.7. The van der Waals surface area contributed by atoms with E-state index in [1.807, 2.05) is 6.92 Å². The molecule has 0 bridgehead atoms. The second kappa shape index (κ2) is 7.82. The molecule has 0 amide bonds. The second-order valence-electron chi connectivity index (χ2n) is 5.18. The zero-order chi connectivity index (χ0) is 16.8. The zero-order valence-electron chi connectivity index (χ0n) is 13.4. The SMILES string of the molecule is CCO/C=C/c1c(N)c(C(=O)OC)cn(C2CCOCC2)c1=O. The van der Waals surface area contributed by atoms with Crippen LogP contribution in [0.25, 0.3) is 6.08 Å². The van der Waals surface area contributed by atoms with Crippen molar-refractivity contribution in [1.82, 2.24) is 4.57 Å². The summed E-state index contributed by atoms with van der Waals surface area (Å²) in [4.78, 5) is 24.7. The van der Waals surface area contributed by atoms with E-state index in [1.165, 1.54) is 25.6 Å². The van der Waals surface area contributed by atoms with Gasteiger partial charge in [0, 0.05) is 25.5 Å². The van der Waals surface area contributed by atoms with Crippen molar-refractivity contribution in [1.29, 1.82) is 0 Å². The molecular weight excluding hydrogens is 300 g/mol. The fourth-order valence-electron chi connectivity index (χ4n) is 2.55. The summed E-state index contributed by atoms with van der Waals surface area (Å²) in [6.45, 7) is 3.47. The first-order chi connectivity index (χ1) is 11.1. The van der Waals surface area contributed by atoms with Crippen molar-refractivity contribution in [3.8, 4) is 0 Å². The topological polar surface area (TPSA) is 92.8 Å². The number of pyridine rings is 1. The lowest BCUT2D eigenvalue weighted by Crippen LogP contribution is -2.32. The van der Waals surface area contributed by atoms with E-state index in [1.54, 1.807) is 4.57 Å². The van der Waals surface area contributed by atoms with Crippen LogP contribution in [-0.4, -0.2) is 37.5 Å². The minimum Gasteiger partial charge on any atom is -0.501 e. The summed E-state index contributed by atoms with van der Waals surface area (Å²) in [5.41, 5.74) is 6.25. The first-order valence-corrected chi connectivity index (χ1v) is 7.59. The third-order valence-electron chi connectivity index (χ3n) is 3.80. The van der Waals surface area contributed by atoms with Crippen molar-refractivity contribution in [2.75, 3.05) is 32.7 Å². The monoisotopic (exact) mass is 322 g/mol. The fraction of sp³-hybridized carbons (Fsp3) is 0.500. The molecule has 1 fully saturated rings. The molecule has 126 valence electrons. The van der Waals surface area contributed by atoms with Gasteiger partial charge in [-0.25, -0.2) is 4.79 Å². The van der Waals surface area contributed by atoms with Crippen LogP contribution < -0.4 is 11.3 Å². The van der Waals surface area contributed by atoms with Crippen LogP contribution in [0.4, 0.5) is 5.69 Å². The van der Waals surface area contributed by atoms with Crippen molar-refractivity contribution in [3.05, 3.63) is 33.9 Å². The van der Waals surface area contributed by atoms with Crippen LogP contribution in [-0.2, 0) is 14.2 Å². The second-order valence-corrected chi connectivity index (χ2v) is 5.18. The van der Waals surface area contributed by atoms with Gasteiger partial charge in [-0.3, -0.25) is 4.79 Å². The summed E-state index contributed by atoms with van der Waals surface area (Å²) in [5, 5.41) is 0. The summed E-state index contributed by atoms with van der Waals surface area (Å²) in [6.07, 6.45) is 5.79. The molecule has 1 aromatic heterocycles. The van der Waals surface area contributed by atoms with E-state index >= 15 is 0 Å². The average Bonchev–Trinajstić information content (AvgIpc) is 2.58. The highest BCUT2D eigenvalue weighted by molar-refractivity contribution is 5.96. The Labute approximate surface area is 134 Å². The summed E-state index contributed by atoms with van der Waals surface area (Å²) >= 11 is 0. The van der Waals surface area contributed by atoms with E-state index in [9.17, 15) is 9.59 Å². The average molecular weight is 322 g/mol. The van der Waals surface area contributed by atoms with Gasteiger partial charge in [0.05, 0.1) is 36.8 Å². The zero-order valence-corrected chi connectivity index (χ0v) is 13.4. The molecule has 0 radical (unpaired) electrons. The first-order valence-electron chi connectivity index (χ1n) is 7.59. The number of rotatable bonds is 5. The number of nitrogen functional groups attached to an aromatic ring is 1. The van der Waals surface area contributed by atoms with Gasteiger partial charge < -0.3 is 24.5 Å². The van der Waals surface area contributed by atoms with Gasteiger partial charge in [-0.1, -0.05) is 0 Å². The third-order valence-corrected chi connectivity index (χ3v) is 3.80. The Hall–Kier alpha value is -2.28. The summed E-state index contributed by atoms with van der Waals surface area (Å²) in [5.74, 6) is -0.575. The predicted octanol–water partition coefficient (Wildman–Crippen LogP) is 1.58. The highest BCUT2D eigenvalue weighted by Gasteiger charge is 2.23. The van der Waals surface area contributed by atoms with Gasteiger partial charge in [-0.05, 0) is 25.8 Å². The molecule has 0 unspecified atom stereocenters. The van der Waals surface area contributed by atoms with E-state index in [4.69, 9.17) is 19.9 Å². The van der Waals surface area contributed by atoms with Crippen LogP contribution in [0.2, 0.25) is 0 Å². The predicted molar refractivity (Wildman–Crippen MR) is 86.2 cm³/mol. The smallest absolute Gasteiger partial charge is 0.341 e. The van der Waals surface area contributed by atoms with Crippen LogP contribution in [0, 0.1) is 0 Å². The maximum Gasteiger partial charge on any atom is 0.341 e. The van der Waals surface area contributed by atoms with Crippen LogP contribution in [0.5, 0.6) is 0 Å². The quantitative estimate of drug-likeness (QED) is 0.653. The number of methoxy groups -OCH3 is 1. The number of hydrogen-bond acceptors (Lipinski definition) is 6. The molecule has 2 heterocycles. The minimum atomic E-state index is -0.575. The maximum absolute atomic E-state index is 12.7. The molecule has 1 saturated heterocycles. The first kappa shape index (κ1) is 17.1. The van der Waals surface area contributed by atoms with Crippen molar-refractivity contribution >= 4 is 17.7 Å². The van der Waals surface area contributed by atoms with E-state index in [0.717, 1.165) is 0 Å². The Morgan fingerprint density at radius 2 is 2.17 bits per heavy atom. The Bertz CT molecular complexity index is 645. The van der Waals surface area contributed by atoms with Gasteiger partial charge >= 0.3 is 5.97 Å². The molecule has 1 aromatic rings. The number of nitrogens with zero attached hydrogens (tertiary/aromatic N) is 1. The van der Waals surface area contributed by atoms with E-state index in [2.05, 4.69) is 0 Å². The van der Waals surface area contributed by atoms with E-state index < -0.39 is 5.97 Å². The largest absolute Gasteiger partial charge is 0.501 e. The van der Waals surface area contributed by atoms with Gasteiger partial charge in [0.1, 0.15) is 0 Å². The summed E-state index contributed by atoms with van der Waals surface area (Å²) < 4.78 is 16.8. The summed E-state index contributed by atoms with van der Waals surface area (Å²) in [6, 6.07) is -0.0282. The van der Waals surface area contributed by atoms with Gasteiger partial charge in [-0.2, -0.15) is 0 Å². The number of nitrogens with two attached hydrogens (primary N) is 1. The molecule has 0 spiro atoms. The Morgan fingerprint density at radius 3 is 2.78 bits per heavy atom. The molecule has 0 atom stereocenters. The highest BCUT2D eigenvalue weighted by atomic mass is 16.5. The van der Waals surface area contributed by atoms with Gasteiger partial charge in [0.25, 0.3) is 5.56 Å². The molecule has 0 aromatic carbocycles. The normalized spacial score (nSPS) is 15.7. The highest BCUT2D eigenvalue weighted by Crippen LogP contribution is 2.23. The van der Waals surface area contributed by atoms with Crippen molar-refractivity contribution in [2.24, 2.45) is 0 Å². The molecule has 1 aliphatic heterocycles. The van der Waals surface area contributed by atoms with Crippen LogP contribution in [0.15, 0.2) is 17.3 Å². The Morgan fingerprint density at radius 1 is 1.48 bits per heavy atom. The number of esters is 1. The van der Waals surface area contributed by atoms with Crippen molar-refractivity contribution in [3.63, 3.8) is 0 Å². The minimum absolute atomic E-state index is 0.0282. The number of carbonyl (C=O) groups is 1. The lowest BCUT2D eigenvalue weighted by Gasteiger charge is -2.25. The lowest BCUT2D eigenvalue weighted by atomic mass is 10.1. The van der Waals surface area contributed by atoms with Gasteiger partial charge in [0.2, 0.25) is 0 Å². The standard InChI is InChI=1S/C16H22N2O5/c1-3-22-9-6-12-14(17)13(16(20)21-2)10-18(15(12)19)11-4-7-23-8-5-11/h6,9-11H,3-5,7-8,17H2,1-2H3/b9-6+. The third kappa shape index (κ3) is 3.73. The Balaban J connectivity index is 2.54. The number of hydrogen-bond donors (Lipinski definition) is 1. The van der Waals surface area contributed by atoms with E-state index in [0.29, 0.717) is 32.7 Å². The van der Waals surface area contributed by atoms with Crippen molar-refractivity contribution < 1.29 is 19.0 Å². The molecule has 1 aliphatic rings. The summed E-state index contributed by atoms with van der Waals surface area (Å²) in [7, 11) is 1.28. The number of aromatic nitrogens is 1. The van der Waals surface area contributed by atoms with Crippen LogP contribution in [0.3, 0.4) is 0 Å². The molecule has 2 rings (SSSR count). The molecule has 0 aliphatic carbocycles. The fourth-order valence-corrected chi connectivity index (χ4v) is 2.55. The Kier molecular flexibility index (Phi) is 5.81. The molecule has 7 heteroatoms. The molecular formula is C16H22N2O5. The molecule has 7 nitrogen and oxygen atoms in total. The molecule has 23 heavy (non-hydrogen) atoms. The van der Waals surface area contributed by atoms with Crippen LogP contribution >= 0.6 is 0 Å². The van der Waals surface area contributed by atoms with Gasteiger partial charge in [0.15, 0.2) is 0 Å². The number of ether oxygens (including phenoxy) is 3. The number of carbonyl (C=O) groups excluding carboxylic acids is 1. The number of anilines is 1. The van der Waals surface area contributed by atoms with Crippen molar-refractivity contribution in [2.45, 2.75) is 25.8 Å². The van der Waals surface area contributed by atoms with E-state index in [-0.39, 0.29) is 28.4 Å². The molecule has 2 N–H and O–H groups in total. The van der Waals surface area contributed by atoms with Crippen LogP contribution in [0.1, 0.15) is 41.7 Å². The lowest BCUT2D eigenvalue weighted by molar-refractivity contribution is 0.0596.